The molecule has 172 valence electrons. The van der Waals surface area contributed by atoms with E-state index in [0.29, 0.717) is 24.8 Å². The number of aryl methyl sites for hydroxylation is 2. The maximum Gasteiger partial charge on any atom is 0.236 e. The van der Waals surface area contributed by atoms with Crippen LogP contribution in [0.1, 0.15) is 29.5 Å². The first kappa shape index (κ1) is 22.5. The maximum atomic E-state index is 12.3. The molecule has 0 bridgehead atoms. The van der Waals surface area contributed by atoms with Crippen LogP contribution in [0.2, 0.25) is 0 Å². The van der Waals surface area contributed by atoms with Crippen LogP contribution in [0.3, 0.4) is 0 Å². The van der Waals surface area contributed by atoms with E-state index in [0.717, 1.165) is 69.2 Å². The first-order valence-corrected chi connectivity index (χ1v) is 11.6. The standard InChI is InChI=1S/C24H37N3O4/c1-16-8-18(13-26-4-6-30-7-5-26)9-17(2)24(16)31-22-11-20-15-27(23(29)12-25-3)14-19(20)10-21(22)28/h8-9,19-22,25,28H,4-7,10-15H2,1-3H3/t19-,20+,21+,22+/m0/s1. The van der Waals surface area contributed by atoms with Gasteiger partial charge in [-0.05, 0) is 62.3 Å². The molecule has 1 aromatic carbocycles. The van der Waals surface area contributed by atoms with Crippen molar-refractivity contribution >= 4 is 5.91 Å². The number of amides is 1. The highest BCUT2D eigenvalue weighted by Crippen LogP contribution is 2.39. The monoisotopic (exact) mass is 431 g/mol. The van der Waals surface area contributed by atoms with Crippen LogP contribution in [0.25, 0.3) is 0 Å². The van der Waals surface area contributed by atoms with Gasteiger partial charge in [-0.3, -0.25) is 9.69 Å². The molecule has 0 unspecified atom stereocenters. The molecular weight excluding hydrogens is 394 g/mol. The van der Waals surface area contributed by atoms with Gasteiger partial charge in [-0.15, -0.1) is 0 Å². The first-order valence-electron chi connectivity index (χ1n) is 11.6. The number of nitrogens with zero attached hydrogens (tertiary/aromatic N) is 2. The van der Waals surface area contributed by atoms with Crippen molar-refractivity contribution in [2.75, 3.05) is 53.0 Å². The third kappa shape index (κ3) is 5.22. The molecule has 7 nitrogen and oxygen atoms in total. The molecule has 2 heterocycles. The lowest BCUT2D eigenvalue weighted by Gasteiger charge is -2.36. The summed E-state index contributed by atoms with van der Waals surface area (Å²) in [6.07, 6.45) is 0.783. The van der Waals surface area contributed by atoms with Crippen LogP contribution in [-0.4, -0.2) is 86.0 Å². The second-order valence-corrected chi connectivity index (χ2v) is 9.49. The van der Waals surface area contributed by atoms with E-state index >= 15 is 0 Å². The summed E-state index contributed by atoms with van der Waals surface area (Å²) in [5.41, 5.74) is 3.53. The van der Waals surface area contributed by atoms with Crippen molar-refractivity contribution in [1.82, 2.24) is 15.1 Å². The van der Waals surface area contributed by atoms with E-state index in [1.807, 2.05) is 4.90 Å². The summed E-state index contributed by atoms with van der Waals surface area (Å²) in [6, 6.07) is 4.42. The zero-order valence-corrected chi connectivity index (χ0v) is 19.1. The predicted molar refractivity (Wildman–Crippen MR) is 119 cm³/mol. The number of aliphatic hydroxyl groups is 1. The van der Waals surface area contributed by atoms with E-state index in [2.05, 4.69) is 36.2 Å². The minimum Gasteiger partial charge on any atom is -0.487 e. The number of nitrogens with one attached hydrogen (secondary N) is 1. The number of morpholine rings is 1. The second-order valence-electron chi connectivity index (χ2n) is 9.49. The zero-order chi connectivity index (χ0) is 22.0. The Kier molecular flexibility index (Phi) is 7.16. The average Bonchev–Trinajstić information content (AvgIpc) is 3.14. The molecule has 2 saturated heterocycles. The number of hydrogen-bond donors (Lipinski definition) is 2. The number of benzene rings is 1. The fraction of sp³-hybridized carbons (Fsp3) is 0.708. The number of fused-ring (bicyclic) bond motifs is 1. The fourth-order valence-electron chi connectivity index (χ4n) is 5.47. The molecule has 1 amide bonds. The van der Waals surface area contributed by atoms with Crippen LogP contribution < -0.4 is 10.1 Å². The minimum absolute atomic E-state index is 0.145. The summed E-state index contributed by atoms with van der Waals surface area (Å²) in [7, 11) is 1.80. The Morgan fingerprint density at radius 2 is 1.81 bits per heavy atom. The maximum absolute atomic E-state index is 12.3. The number of likely N-dealkylation sites (tertiary alicyclic amines) is 1. The Morgan fingerprint density at radius 3 is 2.45 bits per heavy atom. The molecule has 4 rings (SSSR count). The molecule has 0 aromatic heterocycles. The van der Waals surface area contributed by atoms with E-state index < -0.39 is 6.10 Å². The topological polar surface area (TPSA) is 74.3 Å². The van der Waals surface area contributed by atoms with Crippen molar-refractivity contribution in [2.24, 2.45) is 11.8 Å². The van der Waals surface area contributed by atoms with Gasteiger partial charge in [-0.25, -0.2) is 0 Å². The van der Waals surface area contributed by atoms with Crippen LogP contribution in [0.4, 0.5) is 0 Å². The second kappa shape index (κ2) is 9.86. The van der Waals surface area contributed by atoms with Crippen LogP contribution in [0.15, 0.2) is 12.1 Å². The number of likely N-dealkylation sites (N-methyl/N-ethyl adjacent to an activating group) is 1. The van der Waals surface area contributed by atoms with Gasteiger partial charge in [0.1, 0.15) is 11.9 Å². The Balaban J connectivity index is 1.40. The Labute approximate surface area is 185 Å². The molecule has 0 spiro atoms. The number of aliphatic hydroxyl groups excluding tert-OH is 1. The van der Waals surface area contributed by atoms with E-state index in [1.54, 1.807) is 7.05 Å². The van der Waals surface area contributed by atoms with Gasteiger partial charge < -0.3 is 24.8 Å². The molecule has 1 saturated carbocycles. The van der Waals surface area contributed by atoms with Crippen LogP contribution in [-0.2, 0) is 16.1 Å². The largest absolute Gasteiger partial charge is 0.487 e. The molecular formula is C24H37N3O4. The highest BCUT2D eigenvalue weighted by Gasteiger charge is 2.43. The van der Waals surface area contributed by atoms with Gasteiger partial charge in [-0.2, -0.15) is 0 Å². The van der Waals surface area contributed by atoms with E-state index in [-0.39, 0.29) is 12.0 Å². The molecule has 31 heavy (non-hydrogen) atoms. The molecule has 1 aliphatic carbocycles. The summed E-state index contributed by atoms with van der Waals surface area (Å²) >= 11 is 0. The number of ether oxygens (including phenoxy) is 2. The number of carbonyl (C=O) groups excluding carboxylic acids is 1. The third-order valence-electron chi connectivity index (χ3n) is 7.06. The molecule has 2 N–H and O–H groups in total. The first-order chi connectivity index (χ1) is 14.9. The smallest absolute Gasteiger partial charge is 0.236 e. The van der Waals surface area contributed by atoms with Gasteiger partial charge in [0.2, 0.25) is 5.91 Å². The Morgan fingerprint density at radius 1 is 1.16 bits per heavy atom. The van der Waals surface area contributed by atoms with E-state index in [9.17, 15) is 9.90 Å². The zero-order valence-electron chi connectivity index (χ0n) is 19.1. The van der Waals surface area contributed by atoms with Crippen LogP contribution in [0, 0.1) is 25.7 Å². The van der Waals surface area contributed by atoms with Gasteiger partial charge in [0.25, 0.3) is 0 Å². The van der Waals surface area contributed by atoms with E-state index in [1.165, 1.54) is 5.56 Å². The highest BCUT2D eigenvalue weighted by molar-refractivity contribution is 5.78. The van der Waals surface area contributed by atoms with Crippen molar-refractivity contribution < 1.29 is 19.4 Å². The molecule has 1 aromatic rings. The molecule has 0 radical (unpaired) electrons. The summed E-state index contributed by atoms with van der Waals surface area (Å²) < 4.78 is 11.9. The minimum atomic E-state index is -0.493. The molecule has 4 atom stereocenters. The molecule has 3 aliphatic rings. The lowest BCUT2D eigenvalue weighted by atomic mass is 9.78. The van der Waals surface area contributed by atoms with Gasteiger partial charge in [-0.1, -0.05) is 12.1 Å². The van der Waals surface area contributed by atoms with Gasteiger partial charge in [0.05, 0.1) is 25.9 Å². The van der Waals surface area contributed by atoms with Crippen LogP contribution in [0.5, 0.6) is 5.75 Å². The van der Waals surface area contributed by atoms with Crippen molar-refractivity contribution in [3.8, 4) is 5.75 Å². The molecule has 7 heteroatoms. The van der Waals surface area contributed by atoms with Crippen molar-refractivity contribution in [1.29, 1.82) is 0 Å². The van der Waals surface area contributed by atoms with Crippen molar-refractivity contribution in [3.63, 3.8) is 0 Å². The molecule has 2 aliphatic heterocycles. The molecule has 3 fully saturated rings. The summed E-state index contributed by atoms with van der Waals surface area (Å²) in [5, 5.41) is 13.7. The Bertz CT molecular complexity index is 757. The van der Waals surface area contributed by atoms with E-state index in [4.69, 9.17) is 9.47 Å². The highest BCUT2D eigenvalue weighted by atomic mass is 16.5. The van der Waals surface area contributed by atoms with Crippen LogP contribution >= 0.6 is 0 Å². The number of rotatable bonds is 6. The lowest BCUT2D eigenvalue weighted by molar-refractivity contribution is -0.129. The third-order valence-corrected chi connectivity index (χ3v) is 7.06. The number of carbonyl (C=O) groups is 1. The lowest BCUT2D eigenvalue weighted by Crippen LogP contribution is -2.42. The Hall–Kier alpha value is -1.67. The van der Waals surface area contributed by atoms with Gasteiger partial charge in [0.15, 0.2) is 0 Å². The van der Waals surface area contributed by atoms with Crippen molar-refractivity contribution in [3.05, 3.63) is 28.8 Å². The van der Waals surface area contributed by atoms with Gasteiger partial charge in [0, 0.05) is 32.7 Å². The van der Waals surface area contributed by atoms with Gasteiger partial charge >= 0.3 is 0 Å². The quantitative estimate of drug-likeness (QED) is 0.708. The average molecular weight is 432 g/mol. The number of hydrogen-bond acceptors (Lipinski definition) is 6. The SMILES string of the molecule is CNCC(=O)N1C[C@H]2C[C@@H](Oc3c(C)cc(CN4CCOCC4)cc3C)[C@H](O)C[C@H]2C1. The summed E-state index contributed by atoms with van der Waals surface area (Å²) in [4.78, 5) is 16.6. The summed E-state index contributed by atoms with van der Waals surface area (Å²) in [5.74, 6) is 1.81. The van der Waals surface area contributed by atoms with Crippen molar-refractivity contribution in [2.45, 2.75) is 45.4 Å². The fourth-order valence-corrected chi connectivity index (χ4v) is 5.47. The summed E-state index contributed by atoms with van der Waals surface area (Å²) in [6.45, 7) is 10.6. The normalized spacial score (nSPS) is 29.1. The predicted octanol–water partition coefficient (Wildman–Crippen LogP) is 1.33.